The van der Waals surface area contributed by atoms with Crippen LogP contribution in [0, 0.1) is 0 Å². The molecular formula is C21H20N2O5S. The fourth-order valence-corrected chi connectivity index (χ4v) is 4.45. The molecule has 3 heterocycles. The first-order valence-electron chi connectivity index (χ1n) is 9.39. The van der Waals surface area contributed by atoms with E-state index in [1.54, 1.807) is 5.38 Å². The van der Waals surface area contributed by atoms with Crippen LogP contribution in [0.5, 0.6) is 0 Å². The van der Waals surface area contributed by atoms with Crippen LogP contribution in [0.1, 0.15) is 29.6 Å². The zero-order valence-corrected chi connectivity index (χ0v) is 16.7. The molecule has 150 valence electrons. The van der Waals surface area contributed by atoms with Gasteiger partial charge in [-0.1, -0.05) is 30.3 Å². The molecular weight excluding hydrogens is 392 g/mol. The molecule has 0 radical (unpaired) electrons. The van der Waals surface area contributed by atoms with E-state index in [9.17, 15) is 14.4 Å². The van der Waals surface area contributed by atoms with Crippen LogP contribution in [-0.4, -0.2) is 52.5 Å². The summed E-state index contributed by atoms with van der Waals surface area (Å²) < 4.78 is 11.1. The van der Waals surface area contributed by atoms with E-state index in [4.69, 9.17) is 9.47 Å². The lowest BCUT2D eigenvalue weighted by Crippen LogP contribution is -2.59. The predicted molar refractivity (Wildman–Crippen MR) is 106 cm³/mol. The fraction of sp³-hybridized carbons (Fsp3) is 0.333. The van der Waals surface area contributed by atoms with Crippen molar-refractivity contribution in [3.05, 3.63) is 52.9 Å². The minimum atomic E-state index is -1.70. The van der Waals surface area contributed by atoms with Gasteiger partial charge in [0.1, 0.15) is 0 Å². The number of hydrogen-bond donors (Lipinski definition) is 0. The summed E-state index contributed by atoms with van der Waals surface area (Å²) >= 11 is 1.17. The molecule has 1 aromatic carbocycles. The quantitative estimate of drug-likeness (QED) is 0.564. The van der Waals surface area contributed by atoms with Crippen molar-refractivity contribution >= 4 is 29.1 Å². The number of ketones is 1. The molecule has 0 amide bonds. The standard InChI is InChI=1S/C21H20N2O5S/c1-21(18(26)19-22-15(13-29-19)14-7-3-2-4-8-14)20(23-11-5-6-12-23)27-16(24)9-10-17(25)28-21/h2-4,7-10,13,20H,5-6,11-12H2,1H3/b10-9-. The molecule has 2 aromatic rings. The normalized spacial score (nSPS) is 26.3. The van der Waals surface area contributed by atoms with E-state index < -0.39 is 29.6 Å². The van der Waals surface area contributed by atoms with Crippen LogP contribution >= 0.6 is 11.3 Å². The van der Waals surface area contributed by atoms with Gasteiger partial charge in [0.2, 0.25) is 17.6 Å². The Morgan fingerprint density at radius 1 is 1.14 bits per heavy atom. The smallest absolute Gasteiger partial charge is 0.332 e. The first-order chi connectivity index (χ1) is 14.0. The second kappa shape index (κ2) is 7.88. The van der Waals surface area contributed by atoms with Gasteiger partial charge in [-0.25, -0.2) is 14.6 Å². The van der Waals surface area contributed by atoms with Crippen molar-refractivity contribution in [3.8, 4) is 11.3 Å². The summed E-state index contributed by atoms with van der Waals surface area (Å²) in [7, 11) is 0. The van der Waals surface area contributed by atoms with Crippen LogP contribution in [0.4, 0.5) is 0 Å². The van der Waals surface area contributed by atoms with Gasteiger partial charge in [0.15, 0.2) is 5.01 Å². The van der Waals surface area contributed by atoms with Gasteiger partial charge >= 0.3 is 11.9 Å². The van der Waals surface area contributed by atoms with Crippen molar-refractivity contribution in [2.75, 3.05) is 13.1 Å². The highest BCUT2D eigenvalue weighted by atomic mass is 32.1. The summed E-state index contributed by atoms with van der Waals surface area (Å²) in [5.74, 6) is -1.93. The second-order valence-electron chi connectivity index (χ2n) is 7.13. The number of likely N-dealkylation sites (tertiary alicyclic amines) is 1. The molecule has 4 rings (SSSR count). The number of aromatic nitrogens is 1. The Bertz CT molecular complexity index is 964. The number of esters is 2. The maximum atomic E-state index is 13.5. The molecule has 2 unspecified atom stereocenters. The monoisotopic (exact) mass is 412 g/mol. The lowest BCUT2D eigenvalue weighted by Gasteiger charge is -2.39. The molecule has 29 heavy (non-hydrogen) atoms. The molecule has 1 saturated heterocycles. The van der Waals surface area contributed by atoms with Crippen molar-refractivity contribution in [2.45, 2.75) is 31.6 Å². The van der Waals surface area contributed by atoms with Gasteiger partial charge in [0.05, 0.1) is 5.69 Å². The number of thiazole rings is 1. The number of rotatable bonds is 4. The molecule has 0 spiro atoms. The van der Waals surface area contributed by atoms with E-state index in [-0.39, 0.29) is 5.01 Å². The Kier molecular flexibility index (Phi) is 5.29. The van der Waals surface area contributed by atoms with Gasteiger partial charge in [0.25, 0.3) is 0 Å². The van der Waals surface area contributed by atoms with Crippen LogP contribution in [0.2, 0.25) is 0 Å². The molecule has 0 saturated carbocycles. The van der Waals surface area contributed by atoms with Gasteiger partial charge in [0, 0.05) is 36.2 Å². The topological polar surface area (TPSA) is 85.8 Å². The predicted octanol–water partition coefficient (Wildman–Crippen LogP) is 2.83. The maximum absolute atomic E-state index is 13.5. The number of ether oxygens (including phenoxy) is 2. The van der Waals surface area contributed by atoms with E-state index in [0.717, 1.165) is 30.6 Å². The van der Waals surface area contributed by atoms with E-state index in [2.05, 4.69) is 4.98 Å². The van der Waals surface area contributed by atoms with Crippen LogP contribution in [0.15, 0.2) is 47.9 Å². The van der Waals surface area contributed by atoms with E-state index in [1.165, 1.54) is 18.3 Å². The van der Waals surface area contributed by atoms with Crippen molar-refractivity contribution in [3.63, 3.8) is 0 Å². The van der Waals surface area contributed by atoms with Crippen molar-refractivity contribution in [2.24, 2.45) is 0 Å². The summed E-state index contributed by atoms with van der Waals surface area (Å²) in [6.07, 6.45) is 2.81. The van der Waals surface area contributed by atoms with Crippen LogP contribution < -0.4 is 0 Å². The van der Waals surface area contributed by atoms with Gasteiger partial charge in [-0.2, -0.15) is 0 Å². The van der Waals surface area contributed by atoms with E-state index in [1.807, 2.05) is 35.2 Å². The number of carbonyl (C=O) groups excluding carboxylic acids is 3. The van der Waals surface area contributed by atoms with Gasteiger partial charge in [-0.05, 0) is 19.8 Å². The van der Waals surface area contributed by atoms with Crippen LogP contribution in [-0.2, 0) is 19.1 Å². The number of hydrogen-bond acceptors (Lipinski definition) is 8. The minimum Gasteiger partial charge on any atom is -0.442 e. The fourth-order valence-electron chi connectivity index (χ4n) is 3.58. The third-order valence-electron chi connectivity index (χ3n) is 5.06. The summed E-state index contributed by atoms with van der Waals surface area (Å²) in [6, 6.07) is 9.49. The van der Waals surface area contributed by atoms with Crippen LogP contribution in [0.25, 0.3) is 11.3 Å². The summed E-state index contributed by atoms with van der Waals surface area (Å²) in [5, 5.41) is 1.98. The molecule has 1 aromatic heterocycles. The van der Waals surface area contributed by atoms with Gasteiger partial charge < -0.3 is 9.47 Å². The summed E-state index contributed by atoms with van der Waals surface area (Å²) in [4.78, 5) is 44.1. The van der Waals surface area contributed by atoms with E-state index in [0.29, 0.717) is 18.8 Å². The number of benzene rings is 1. The highest BCUT2D eigenvalue weighted by Gasteiger charge is 2.52. The molecule has 2 aliphatic heterocycles. The highest BCUT2D eigenvalue weighted by Crippen LogP contribution is 2.32. The zero-order valence-electron chi connectivity index (χ0n) is 15.9. The molecule has 2 atom stereocenters. The van der Waals surface area contributed by atoms with Crippen LogP contribution in [0.3, 0.4) is 0 Å². The van der Waals surface area contributed by atoms with Crippen molar-refractivity contribution in [1.29, 1.82) is 0 Å². The molecule has 0 N–H and O–H groups in total. The molecule has 2 aliphatic rings. The maximum Gasteiger partial charge on any atom is 0.332 e. The largest absolute Gasteiger partial charge is 0.442 e. The third kappa shape index (κ3) is 3.86. The third-order valence-corrected chi connectivity index (χ3v) is 5.90. The Morgan fingerprint density at radius 2 is 1.83 bits per heavy atom. The molecule has 7 nitrogen and oxygen atoms in total. The number of carbonyl (C=O) groups is 3. The molecule has 8 heteroatoms. The first-order valence-corrected chi connectivity index (χ1v) is 10.3. The molecule has 1 fully saturated rings. The highest BCUT2D eigenvalue weighted by molar-refractivity contribution is 7.12. The van der Waals surface area contributed by atoms with Gasteiger partial charge in [-0.15, -0.1) is 11.3 Å². The van der Waals surface area contributed by atoms with E-state index >= 15 is 0 Å². The first kappa shape index (κ1) is 19.5. The average Bonchev–Trinajstić information content (AvgIpc) is 3.42. The SMILES string of the molecule is CC1(C(=O)c2nc(-c3ccccc3)cs2)OC(=O)/C=C\C(=O)OC1N1CCCC1. The Morgan fingerprint density at radius 3 is 2.55 bits per heavy atom. The average molecular weight is 412 g/mol. The Balaban J connectivity index is 1.71. The zero-order chi connectivity index (χ0) is 20.4. The summed E-state index contributed by atoms with van der Waals surface area (Å²) in [5.41, 5.74) is -0.157. The second-order valence-corrected chi connectivity index (χ2v) is 7.98. The molecule has 0 aliphatic carbocycles. The number of nitrogens with zero attached hydrogens (tertiary/aromatic N) is 2. The lowest BCUT2D eigenvalue weighted by atomic mass is 9.96. The number of cyclic esters (lactones) is 2. The van der Waals surface area contributed by atoms with Gasteiger partial charge in [-0.3, -0.25) is 9.69 Å². The minimum absolute atomic E-state index is 0.198. The van der Waals surface area contributed by atoms with Crippen molar-refractivity contribution < 1.29 is 23.9 Å². The summed E-state index contributed by atoms with van der Waals surface area (Å²) in [6.45, 7) is 2.79. The molecule has 0 bridgehead atoms. The Hall–Kier alpha value is -2.84. The van der Waals surface area contributed by atoms with Crippen molar-refractivity contribution in [1.82, 2.24) is 9.88 Å². The number of Topliss-reactive ketones (excluding diaryl/α,β-unsaturated/α-hetero) is 1. The Labute approximate surface area is 171 Å². The lowest BCUT2D eigenvalue weighted by molar-refractivity contribution is -0.190.